The SMILES string of the molecule is FCc1cnc(I)cc1F. The summed E-state index contributed by atoms with van der Waals surface area (Å²) < 4.78 is 24.9. The fourth-order valence-corrected chi connectivity index (χ4v) is 0.947. The average Bonchev–Trinajstić information content (AvgIpc) is 1.88. The first-order chi connectivity index (χ1) is 4.74. The van der Waals surface area contributed by atoms with Crippen LogP contribution in [0.25, 0.3) is 0 Å². The summed E-state index contributed by atoms with van der Waals surface area (Å²) in [4.78, 5) is 3.72. The van der Waals surface area contributed by atoms with Crippen LogP contribution in [0.3, 0.4) is 0 Å². The molecule has 0 aliphatic carbocycles. The van der Waals surface area contributed by atoms with Crippen molar-refractivity contribution in [1.82, 2.24) is 4.98 Å². The highest BCUT2D eigenvalue weighted by Crippen LogP contribution is 2.09. The lowest BCUT2D eigenvalue weighted by molar-refractivity contribution is 0.462. The zero-order valence-corrected chi connectivity index (χ0v) is 7.10. The van der Waals surface area contributed by atoms with Crippen LogP contribution in [0.5, 0.6) is 0 Å². The number of alkyl halides is 1. The van der Waals surface area contributed by atoms with Crippen LogP contribution < -0.4 is 0 Å². The number of halogens is 3. The Morgan fingerprint density at radius 1 is 1.60 bits per heavy atom. The first kappa shape index (κ1) is 7.84. The Morgan fingerprint density at radius 3 is 2.80 bits per heavy atom. The number of rotatable bonds is 1. The van der Waals surface area contributed by atoms with Crippen molar-refractivity contribution in [2.24, 2.45) is 0 Å². The minimum absolute atomic E-state index is 0.0143. The molecule has 0 saturated carbocycles. The number of hydrogen-bond acceptors (Lipinski definition) is 1. The maximum absolute atomic E-state index is 12.6. The van der Waals surface area contributed by atoms with Gasteiger partial charge in [-0.1, -0.05) is 0 Å². The topological polar surface area (TPSA) is 12.9 Å². The van der Waals surface area contributed by atoms with Crippen molar-refractivity contribution in [3.8, 4) is 0 Å². The van der Waals surface area contributed by atoms with E-state index in [1.807, 2.05) is 22.6 Å². The number of aromatic nitrogens is 1. The second kappa shape index (κ2) is 3.23. The zero-order chi connectivity index (χ0) is 7.56. The molecule has 1 aromatic rings. The predicted octanol–water partition coefficient (Wildman–Crippen LogP) is 2.29. The Balaban J connectivity index is 3.07. The van der Waals surface area contributed by atoms with Crippen LogP contribution in [0.2, 0.25) is 0 Å². The van der Waals surface area contributed by atoms with E-state index in [-0.39, 0.29) is 5.56 Å². The van der Waals surface area contributed by atoms with Crippen LogP contribution in [0.1, 0.15) is 5.56 Å². The van der Waals surface area contributed by atoms with Gasteiger partial charge in [-0.15, -0.1) is 0 Å². The lowest BCUT2D eigenvalue weighted by atomic mass is 10.3. The molecule has 1 nitrogen and oxygen atoms in total. The first-order valence-corrected chi connectivity index (χ1v) is 3.68. The molecule has 54 valence electrons. The molecule has 0 unspecified atom stereocenters. The van der Waals surface area contributed by atoms with E-state index in [4.69, 9.17) is 0 Å². The van der Waals surface area contributed by atoms with Gasteiger partial charge in [0.2, 0.25) is 0 Å². The largest absolute Gasteiger partial charge is 0.250 e. The van der Waals surface area contributed by atoms with E-state index in [0.29, 0.717) is 3.70 Å². The molecule has 1 aromatic heterocycles. The van der Waals surface area contributed by atoms with E-state index >= 15 is 0 Å². The summed E-state index contributed by atoms with van der Waals surface area (Å²) in [6.45, 7) is -0.796. The van der Waals surface area contributed by atoms with E-state index in [0.717, 1.165) is 0 Å². The molecule has 0 aromatic carbocycles. The van der Waals surface area contributed by atoms with Gasteiger partial charge in [-0.25, -0.2) is 13.8 Å². The summed E-state index contributed by atoms with van der Waals surface area (Å²) in [6.07, 6.45) is 1.21. The predicted molar refractivity (Wildman–Crippen MR) is 41.7 cm³/mol. The van der Waals surface area contributed by atoms with Crippen LogP contribution >= 0.6 is 22.6 Å². The fourth-order valence-electron chi connectivity index (χ4n) is 0.534. The zero-order valence-electron chi connectivity index (χ0n) is 4.94. The third-order valence-corrected chi connectivity index (χ3v) is 1.63. The summed E-state index contributed by atoms with van der Waals surface area (Å²) in [5, 5.41) is 0. The Kier molecular flexibility index (Phi) is 2.53. The van der Waals surface area contributed by atoms with Crippen molar-refractivity contribution >= 4 is 22.6 Å². The number of nitrogens with zero attached hydrogens (tertiary/aromatic N) is 1. The molecule has 0 aliphatic rings. The second-order valence-electron chi connectivity index (χ2n) is 1.73. The quantitative estimate of drug-likeness (QED) is 0.554. The van der Waals surface area contributed by atoms with Crippen LogP contribution in [-0.4, -0.2) is 4.98 Å². The third-order valence-electron chi connectivity index (χ3n) is 1.04. The molecule has 0 aliphatic heterocycles. The van der Waals surface area contributed by atoms with Gasteiger partial charge in [-0.2, -0.15) is 0 Å². The smallest absolute Gasteiger partial charge is 0.133 e. The Bertz CT molecular complexity index is 239. The third kappa shape index (κ3) is 1.62. The van der Waals surface area contributed by atoms with Gasteiger partial charge < -0.3 is 0 Å². The lowest BCUT2D eigenvalue weighted by Crippen LogP contribution is -1.90. The van der Waals surface area contributed by atoms with Crippen LogP contribution in [0.15, 0.2) is 12.3 Å². The molecule has 0 fully saturated rings. The highest BCUT2D eigenvalue weighted by atomic mass is 127. The molecule has 0 radical (unpaired) electrons. The van der Waals surface area contributed by atoms with Crippen molar-refractivity contribution in [1.29, 1.82) is 0 Å². The summed E-state index contributed by atoms with van der Waals surface area (Å²) in [5.74, 6) is -0.526. The maximum Gasteiger partial charge on any atom is 0.133 e. The molecule has 0 amide bonds. The normalized spacial score (nSPS) is 9.90. The summed E-state index contributed by atoms with van der Waals surface area (Å²) in [7, 11) is 0. The summed E-state index contributed by atoms with van der Waals surface area (Å²) in [6, 6.07) is 1.20. The highest BCUT2D eigenvalue weighted by Gasteiger charge is 2.01. The van der Waals surface area contributed by atoms with Crippen LogP contribution in [0, 0.1) is 9.52 Å². The van der Waals surface area contributed by atoms with E-state index < -0.39 is 12.5 Å². The average molecular weight is 255 g/mol. The van der Waals surface area contributed by atoms with Crippen molar-refractivity contribution in [3.05, 3.63) is 27.3 Å². The van der Waals surface area contributed by atoms with Gasteiger partial charge in [0.15, 0.2) is 0 Å². The van der Waals surface area contributed by atoms with Gasteiger partial charge in [-0.05, 0) is 22.6 Å². The fraction of sp³-hybridized carbons (Fsp3) is 0.167. The Hall–Kier alpha value is -0.260. The number of pyridine rings is 1. The highest BCUT2D eigenvalue weighted by molar-refractivity contribution is 14.1. The van der Waals surface area contributed by atoms with Gasteiger partial charge in [-0.3, -0.25) is 0 Å². The molecule has 0 atom stereocenters. The molecule has 4 heteroatoms. The Labute approximate surface area is 70.6 Å². The Morgan fingerprint density at radius 2 is 2.30 bits per heavy atom. The van der Waals surface area contributed by atoms with E-state index in [1.54, 1.807) is 0 Å². The molecule has 0 bridgehead atoms. The van der Waals surface area contributed by atoms with Crippen LogP contribution in [0.4, 0.5) is 8.78 Å². The van der Waals surface area contributed by atoms with Gasteiger partial charge in [0, 0.05) is 17.8 Å². The molecule has 0 N–H and O–H groups in total. The van der Waals surface area contributed by atoms with Crippen LogP contribution in [-0.2, 0) is 6.67 Å². The lowest BCUT2D eigenvalue weighted by Gasteiger charge is -1.95. The molecule has 1 rings (SSSR count). The number of hydrogen-bond donors (Lipinski definition) is 0. The minimum Gasteiger partial charge on any atom is -0.250 e. The van der Waals surface area contributed by atoms with E-state index in [2.05, 4.69) is 4.98 Å². The van der Waals surface area contributed by atoms with Crippen molar-refractivity contribution in [3.63, 3.8) is 0 Å². The molecule has 0 saturated heterocycles. The first-order valence-electron chi connectivity index (χ1n) is 2.60. The summed E-state index contributed by atoms with van der Waals surface area (Å²) >= 11 is 1.86. The van der Waals surface area contributed by atoms with Gasteiger partial charge in [0.1, 0.15) is 16.2 Å². The molecule has 10 heavy (non-hydrogen) atoms. The van der Waals surface area contributed by atoms with Crippen molar-refractivity contribution < 1.29 is 8.78 Å². The maximum atomic E-state index is 12.6. The van der Waals surface area contributed by atoms with E-state index in [9.17, 15) is 8.78 Å². The van der Waals surface area contributed by atoms with Gasteiger partial charge >= 0.3 is 0 Å². The summed E-state index contributed by atoms with van der Waals surface area (Å²) in [5.41, 5.74) is 0.0143. The minimum atomic E-state index is -0.796. The van der Waals surface area contributed by atoms with Gasteiger partial charge in [0.05, 0.1) is 0 Å². The molecule has 1 heterocycles. The van der Waals surface area contributed by atoms with Gasteiger partial charge in [0.25, 0.3) is 0 Å². The van der Waals surface area contributed by atoms with Crippen molar-refractivity contribution in [2.75, 3.05) is 0 Å². The molecular weight excluding hydrogens is 251 g/mol. The monoisotopic (exact) mass is 255 g/mol. The van der Waals surface area contributed by atoms with Crippen molar-refractivity contribution in [2.45, 2.75) is 6.67 Å². The molecule has 0 spiro atoms. The standard InChI is InChI=1S/C6H4F2IN/c7-2-4-3-10-6(9)1-5(4)8/h1,3H,2H2. The van der Waals surface area contributed by atoms with E-state index in [1.165, 1.54) is 12.3 Å². The second-order valence-corrected chi connectivity index (χ2v) is 2.84. The molecular formula is C6H4F2IN.